The van der Waals surface area contributed by atoms with E-state index in [2.05, 4.69) is 36.5 Å². The third kappa shape index (κ3) is 11.0. The topological polar surface area (TPSA) is 0 Å². The van der Waals surface area contributed by atoms with Crippen molar-refractivity contribution in [2.24, 2.45) is 0 Å². The zero-order valence-corrected chi connectivity index (χ0v) is 9.15. The fourth-order valence-corrected chi connectivity index (χ4v) is 1.07. The number of allylic oxidation sites excluding steroid dienone is 7. The molecule has 0 atom stereocenters. The van der Waals surface area contributed by atoms with Crippen molar-refractivity contribution in [3.63, 3.8) is 0 Å². The molecular weight excluding hydrogens is 168 g/mol. The van der Waals surface area contributed by atoms with Crippen LogP contribution in [-0.4, -0.2) is 0 Å². The van der Waals surface area contributed by atoms with Gasteiger partial charge >= 0.3 is 0 Å². The van der Waals surface area contributed by atoms with Crippen molar-refractivity contribution in [2.75, 3.05) is 0 Å². The second-order valence-corrected chi connectivity index (χ2v) is 3.15. The smallest absolute Gasteiger partial charge is 0.0166 e. The van der Waals surface area contributed by atoms with E-state index in [-0.39, 0.29) is 0 Å². The number of hydrogen-bond donors (Lipinski definition) is 0. The van der Waals surface area contributed by atoms with Crippen LogP contribution in [0.1, 0.15) is 39.0 Å². The van der Waals surface area contributed by atoms with Crippen LogP contribution in [0.3, 0.4) is 0 Å². The molecule has 0 aliphatic carbocycles. The van der Waals surface area contributed by atoms with Crippen LogP contribution in [0, 0.1) is 6.58 Å². The van der Waals surface area contributed by atoms with Crippen molar-refractivity contribution in [1.29, 1.82) is 0 Å². The second kappa shape index (κ2) is 12.0. The zero-order valence-electron chi connectivity index (χ0n) is 9.15. The SMILES string of the molecule is [CH]=CC/C=C/CCC/C=C/C/C=C/C. The van der Waals surface area contributed by atoms with Crippen molar-refractivity contribution in [1.82, 2.24) is 0 Å². The van der Waals surface area contributed by atoms with E-state index in [0.29, 0.717) is 0 Å². The van der Waals surface area contributed by atoms with E-state index >= 15 is 0 Å². The quantitative estimate of drug-likeness (QED) is 0.386. The Balaban J connectivity index is 3.20. The van der Waals surface area contributed by atoms with E-state index in [9.17, 15) is 0 Å². The minimum atomic E-state index is 0.886. The summed E-state index contributed by atoms with van der Waals surface area (Å²) in [6.07, 6.45) is 20.2. The summed E-state index contributed by atoms with van der Waals surface area (Å²) in [6.45, 7) is 7.29. The minimum absolute atomic E-state index is 0.886. The van der Waals surface area contributed by atoms with Crippen molar-refractivity contribution >= 4 is 0 Å². The molecule has 0 heterocycles. The molecule has 0 nitrogen and oxygen atoms in total. The summed E-state index contributed by atoms with van der Waals surface area (Å²) in [5, 5.41) is 0. The molecule has 0 unspecified atom stereocenters. The summed E-state index contributed by atoms with van der Waals surface area (Å²) in [4.78, 5) is 0. The van der Waals surface area contributed by atoms with Crippen LogP contribution >= 0.6 is 0 Å². The van der Waals surface area contributed by atoms with E-state index in [1.165, 1.54) is 12.8 Å². The van der Waals surface area contributed by atoms with Gasteiger partial charge in [-0.15, -0.1) is 0 Å². The average molecular weight is 189 g/mol. The van der Waals surface area contributed by atoms with Gasteiger partial charge in [-0.2, -0.15) is 0 Å². The Labute approximate surface area is 88.7 Å². The van der Waals surface area contributed by atoms with Gasteiger partial charge in [-0.1, -0.05) is 49.1 Å². The van der Waals surface area contributed by atoms with Crippen LogP contribution in [0.4, 0.5) is 0 Å². The fourth-order valence-electron chi connectivity index (χ4n) is 1.07. The first kappa shape index (κ1) is 13.0. The first-order valence-electron chi connectivity index (χ1n) is 5.36. The predicted molar refractivity (Wildman–Crippen MR) is 65.0 cm³/mol. The molecule has 0 N–H and O–H groups in total. The molecule has 0 spiro atoms. The molecule has 1 radical (unpaired) electrons. The first-order chi connectivity index (χ1) is 6.91. The third-order valence-electron chi connectivity index (χ3n) is 1.85. The summed E-state index contributed by atoms with van der Waals surface area (Å²) >= 11 is 0. The van der Waals surface area contributed by atoms with Gasteiger partial charge in [0.15, 0.2) is 0 Å². The molecule has 0 aliphatic heterocycles. The summed E-state index contributed by atoms with van der Waals surface area (Å²) in [7, 11) is 0. The van der Waals surface area contributed by atoms with Gasteiger partial charge < -0.3 is 0 Å². The van der Waals surface area contributed by atoms with Crippen molar-refractivity contribution in [3.8, 4) is 0 Å². The van der Waals surface area contributed by atoms with E-state index in [4.69, 9.17) is 6.58 Å². The molecule has 77 valence electrons. The molecule has 0 aliphatic rings. The van der Waals surface area contributed by atoms with Crippen LogP contribution in [0.5, 0.6) is 0 Å². The standard InChI is InChI=1S/C14H21/c1-3-5-7-9-11-13-14-12-10-8-6-4-2/h1,3-4,6-7,9-10,12H,5,8,11,13-14H2,2H3/b3-1?,6-4+,9-7+,12-10+. The Morgan fingerprint density at radius 2 is 1.50 bits per heavy atom. The summed E-state index contributed by atoms with van der Waals surface area (Å²) in [5.41, 5.74) is 0. The molecule has 0 aromatic rings. The van der Waals surface area contributed by atoms with Crippen molar-refractivity contribution < 1.29 is 0 Å². The second-order valence-electron chi connectivity index (χ2n) is 3.15. The van der Waals surface area contributed by atoms with E-state index in [1.807, 2.05) is 6.92 Å². The molecule has 0 heteroatoms. The van der Waals surface area contributed by atoms with Gasteiger partial charge in [0.1, 0.15) is 0 Å². The number of rotatable bonds is 8. The molecule has 0 bridgehead atoms. The highest BCUT2D eigenvalue weighted by molar-refractivity contribution is 4.92. The van der Waals surface area contributed by atoms with Gasteiger partial charge in [0.05, 0.1) is 0 Å². The lowest BCUT2D eigenvalue weighted by Gasteiger charge is -1.89. The number of unbranched alkanes of at least 4 members (excludes halogenated alkanes) is 2. The maximum absolute atomic E-state index is 5.24. The molecule has 0 aromatic heterocycles. The molecule has 14 heavy (non-hydrogen) atoms. The Morgan fingerprint density at radius 3 is 2.07 bits per heavy atom. The summed E-state index contributed by atoms with van der Waals surface area (Å²) < 4.78 is 0. The molecule has 0 fully saturated rings. The molecule has 0 amide bonds. The molecular formula is C14H21. The van der Waals surface area contributed by atoms with Crippen LogP contribution < -0.4 is 0 Å². The maximum Gasteiger partial charge on any atom is -0.0166 e. The molecule has 0 rings (SSSR count). The lowest BCUT2D eigenvalue weighted by molar-refractivity contribution is 0.864. The van der Waals surface area contributed by atoms with Gasteiger partial charge in [-0.3, -0.25) is 0 Å². The lowest BCUT2D eigenvalue weighted by Crippen LogP contribution is -1.69. The monoisotopic (exact) mass is 189 g/mol. The van der Waals surface area contributed by atoms with E-state index < -0.39 is 0 Å². The van der Waals surface area contributed by atoms with Crippen LogP contribution in [0.15, 0.2) is 42.5 Å². The number of hydrogen-bond acceptors (Lipinski definition) is 0. The fraction of sp³-hybridized carbons (Fsp3) is 0.429. The van der Waals surface area contributed by atoms with Gasteiger partial charge in [0.2, 0.25) is 0 Å². The Hall–Kier alpha value is -1.04. The molecule has 0 saturated heterocycles. The molecule has 0 saturated carbocycles. The zero-order chi connectivity index (χ0) is 10.5. The minimum Gasteiger partial charge on any atom is -0.0914 e. The highest BCUT2D eigenvalue weighted by atomic mass is 13.9. The van der Waals surface area contributed by atoms with Crippen LogP contribution in [-0.2, 0) is 0 Å². The highest BCUT2D eigenvalue weighted by Gasteiger charge is 1.79. The Kier molecular flexibility index (Phi) is 11.1. The predicted octanol–water partition coefficient (Wildman–Crippen LogP) is 4.61. The maximum atomic E-state index is 5.24. The van der Waals surface area contributed by atoms with Gasteiger partial charge in [-0.25, -0.2) is 0 Å². The Morgan fingerprint density at radius 1 is 0.857 bits per heavy atom. The van der Waals surface area contributed by atoms with E-state index in [1.54, 1.807) is 6.08 Å². The van der Waals surface area contributed by atoms with Crippen molar-refractivity contribution in [2.45, 2.75) is 39.0 Å². The highest BCUT2D eigenvalue weighted by Crippen LogP contribution is 1.99. The van der Waals surface area contributed by atoms with E-state index in [0.717, 1.165) is 19.3 Å². The summed E-state index contributed by atoms with van der Waals surface area (Å²) in [6, 6.07) is 0. The normalized spacial score (nSPS) is 12.1. The average Bonchev–Trinajstić information content (AvgIpc) is 2.21. The largest absolute Gasteiger partial charge is 0.0914 e. The summed E-state index contributed by atoms with van der Waals surface area (Å²) in [5.74, 6) is 0. The first-order valence-corrected chi connectivity index (χ1v) is 5.36. The van der Waals surface area contributed by atoms with Gasteiger partial charge in [0, 0.05) is 0 Å². The van der Waals surface area contributed by atoms with Gasteiger partial charge in [0.25, 0.3) is 0 Å². The molecule has 0 aromatic carbocycles. The lowest BCUT2D eigenvalue weighted by atomic mass is 10.2. The van der Waals surface area contributed by atoms with Crippen LogP contribution in [0.25, 0.3) is 0 Å². The Bertz CT molecular complexity index is 194. The van der Waals surface area contributed by atoms with Crippen LogP contribution in [0.2, 0.25) is 0 Å². The van der Waals surface area contributed by atoms with Crippen molar-refractivity contribution in [3.05, 3.63) is 49.1 Å². The van der Waals surface area contributed by atoms with Gasteiger partial charge in [-0.05, 0) is 39.0 Å². The third-order valence-corrected chi connectivity index (χ3v) is 1.85.